The van der Waals surface area contributed by atoms with E-state index in [-0.39, 0.29) is 23.8 Å². The van der Waals surface area contributed by atoms with Crippen molar-refractivity contribution < 1.29 is 19.1 Å². The molecule has 10 heteroatoms. The van der Waals surface area contributed by atoms with Crippen LogP contribution in [-0.4, -0.2) is 88.5 Å². The van der Waals surface area contributed by atoms with Gasteiger partial charge in [-0.3, -0.25) is 14.6 Å². The molecule has 0 aliphatic carbocycles. The molecule has 0 bridgehead atoms. The van der Waals surface area contributed by atoms with E-state index in [4.69, 9.17) is 9.72 Å². The highest BCUT2D eigenvalue weighted by Gasteiger charge is 2.31. The van der Waals surface area contributed by atoms with Gasteiger partial charge in [0.15, 0.2) is 0 Å². The zero-order valence-electron chi connectivity index (χ0n) is 21.2. The van der Waals surface area contributed by atoms with Gasteiger partial charge < -0.3 is 19.4 Å². The number of aromatic nitrogens is 2. The number of ether oxygens (including phenoxy) is 1. The van der Waals surface area contributed by atoms with Crippen LogP contribution in [0.3, 0.4) is 0 Å². The Hall–Kier alpha value is -3.53. The molecular weight excluding hydrogens is 490 g/mol. The monoisotopic (exact) mass is 521 g/mol. The van der Waals surface area contributed by atoms with Crippen molar-refractivity contribution in [2.75, 3.05) is 45.9 Å². The number of amides is 3. The van der Waals surface area contributed by atoms with E-state index in [1.165, 1.54) is 11.3 Å². The summed E-state index contributed by atoms with van der Waals surface area (Å²) in [4.78, 5) is 53.1. The van der Waals surface area contributed by atoms with Gasteiger partial charge in [0.2, 0.25) is 0 Å². The van der Waals surface area contributed by atoms with Crippen molar-refractivity contribution in [1.29, 1.82) is 0 Å². The van der Waals surface area contributed by atoms with Crippen LogP contribution in [0.25, 0.3) is 10.2 Å². The van der Waals surface area contributed by atoms with E-state index in [1.54, 1.807) is 22.2 Å². The van der Waals surface area contributed by atoms with Gasteiger partial charge in [-0.15, -0.1) is 11.3 Å². The quantitative estimate of drug-likeness (QED) is 0.516. The molecule has 5 rings (SSSR count). The van der Waals surface area contributed by atoms with Crippen molar-refractivity contribution in [3.05, 3.63) is 58.4 Å². The highest BCUT2D eigenvalue weighted by molar-refractivity contribution is 7.16. The fourth-order valence-corrected chi connectivity index (χ4v) is 5.79. The van der Waals surface area contributed by atoms with Crippen LogP contribution in [0.5, 0.6) is 0 Å². The number of likely N-dealkylation sites (tertiary alicyclic amines) is 1. The molecule has 0 spiro atoms. The Balaban J connectivity index is 1.25. The van der Waals surface area contributed by atoms with Crippen LogP contribution >= 0.6 is 11.3 Å². The third-order valence-electron chi connectivity index (χ3n) is 7.13. The van der Waals surface area contributed by atoms with Gasteiger partial charge in [0, 0.05) is 56.4 Å². The molecule has 9 nitrogen and oxygen atoms in total. The van der Waals surface area contributed by atoms with E-state index in [0.717, 1.165) is 34.4 Å². The standard InChI is InChI=1S/C27H31N5O4S/c1-3-36-27(35)32-14-12-31(13-15-32)26(34)21-6-4-18(2)29-24(21)19-8-10-30(11-9-19)25(33)20-5-7-22-23(16-20)37-17-28-22/h4-7,16-17,19H,3,8-15H2,1-2H3. The number of benzene rings is 1. The lowest BCUT2D eigenvalue weighted by Gasteiger charge is -2.35. The summed E-state index contributed by atoms with van der Waals surface area (Å²) in [5.74, 6) is 0.0804. The minimum atomic E-state index is -0.333. The summed E-state index contributed by atoms with van der Waals surface area (Å²) < 4.78 is 6.10. The second-order valence-electron chi connectivity index (χ2n) is 9.46. The Morgan fingerprint density at radius 1 is 0.946 bits per heavy atom. The molecule has 3 aromatic rings. The Labute approximate surface area is 220 Å². The van der Waals surface area contributed by atoms with Crippen LogP contribution in [0.15, 0.2) is 35.8 Å². The van der Waals surface area contributed by atoms with E-state index < -0.39 is 0 Å². The zero-order chi connectivity index (χ0) is 25.9. The first kappa shape index (κ1) is 25.1. The maximum Gasteiger partial charge on any atom is 0.409 e. The van der Waals surface area contributed by atoms with Gasteiger partial charge in [0.05, 0.1) is 33.6 Å². The van der Waals surface area contributed by atoms with Gasteiger partial charge >= 0.3 is 6.09 Å². The molecule has 2 saturated heterocycles. The minimum Gasteiger partial charge on any atom is -0.450 e. The van der Waals surface area contributed by atoms with E-state index in [1.807, 2.05) is 42.2 Å². The van der Waals surface area contributed by atoms with Crippen LogP contribution in [-0.2, 0) is 4.74 Å². The van der Waals surface area contributed by atoms with Crippen LogP contribution in [0.1, 0.15) is 57.8 Å². The average Bonchev–Trinajstić information content (AvgIpc) is 3.41. The maximum atomic E-state index is 13.5. The topological polar surface area (TPSA) is 95.9 Å². The first-order chi connectivity index (χ1) is 17.9. The van der Waals surface area contributed by atoms with Crippen molar-refractivity contribution in [3.63, 3.8) is 0 Å². The molecule has 2 aliphatic rings. The number of nitrogens with zero attached hydrogens (tertiary/aromatic N) is 5. The lowest BCUT2D eigenvalue weighted by Crippen LogP contribution is -2.51. The molecule has 4 heterocycles. The summed E-state index contributed by atoms with van der Waals surface area (Å²) in [5, 5.41) is 0. The summed E-state index contributed by atoms with van der Waals surface area (Å²) >= 11 is 1.53. The van der Waals surface area contributed by atoms with Crippen LogP contribution < -0.4 is 0 Å². The minimum absolute atomic E-state index is 0.0294. The van der Waals surface area contributed by atoms with Crippen molar-refractivity contribution in [2.45, 2.75) is 32.6 Å². The van der Waals surface area contributed by atoms with Gasteiger partial charge in [-0.25, -0.2) is 9.78 Å². The van der Waals surface area contributed by atoms with Gasteiger partial charge in [-0.05, 0) is 57.0 Å². The predicted molar refractivity (Wildman–Crippen MR) is 141 cm³/mol. The number of aryl methyl sites for hydroxylation is 1. The molecular formula is C27H31N5O4S. The molecule has 37 heavy (non-hydrogen) atoms. The molecule has 0 N–H and O–H groups in total. The van der Waals surface area contributed by atoms with E-state index >= 15 is 0 Å². The summed E-state index contributed by atoms with van der Waals surface area (Å²) in [6.07, 6.45) is 1.17. The first-order valence-electron chi connectivity index (χ1n) is 12.8. The number of rotatable bonds is 4. The van der Waals surface area contributed by atoms with Gasteiger partial charge in [0.25, 0.3) is 11.8 Å². The van der Waals surface area contributed by atoms with Crippen molar-refractivity contribution in [3.8, 4) is 0 Å². The van der Waals surface area contributed by atoms with E-state index in [9.17, 15) is 14.4 Å². The SMILES string of the molecule is CCOC(=O)N1CCN(C(=O)c2ccc(C)nc2C2CCN(C(=O)c3ccc4ncsc4c3)CC2)CC1. The molecule has 0 atom stereocenters. The summed E-state index contributed by atoms with van der Waals surface area (Å²) in [7, 11) is 0. The summed E-state index contributed by atoms with van der Waals surface area (Å²) in [6.45, 7) is 7.11. The Morgan fingerprint density at radius 3 is 2.38 bits per heavy atom. The predicted octanol–water partition coefficient (Wildman–Crippen LogP) is 3.93. The molecule has 0 radical (unpaired) electrons. The molecule has 0 unspecified atom stereocenters. The third-order valence-corrected chi connectivity index (χ3v) is 7.93. The normalized spacial score (nSPS) is 16.8. The van der Waals surface area contributed by atoms with E-state index in [2.05, 4.69) is 4.98 Å². The number of hydrogen-bond acceptors (Lipinski definition) is 7. The molecule has 2 aromatic heterocycles. The third kappa shape index (κ3) is 5.29. The fraction of sp³-hybridized carbons (Fsp3) is 0.444. The highest BCUT2D eigenvalue weighted by Crippen LogP contribution is 2.31. The lowest BCUT2D eigenvalue weighted by atomic mass is 9.89. The van der Waals surface area contributed by atoms with Crippen molar-refractivity contribution in [2.24, 2.45) is 0 Å². The van der Waals surface area contributed by atoms with E-state index in [0.29, 0.717) is 57.0 Å². The second-order valence-corrected chi connectivity index (χ2v) is 10.4. The molecule has 194 valence electrons. The Bertz CT molecular complexity index is 1310. The smallest absolute Gasteiger partial charge is 0.409 e. The van der Waals surface area contributed by atoms with Gasteiger partial charge in [-0.1, -0.05) is 0 Å². The van der Waals surface area contributed by atoms with Crippen LogP contribution in [0, 0.1) is 6.92 Å². The maximum absolute atomic E-state index is 13.5. The molecule has 1 aromatic carbocycles. The van der Waals surface area contributed by atoms with Crippen molar-refractivity contribution >= 4 is 39.5 Å². The number of fused-ring (bicyclic) bond motifs is 1. The van der Waals surface area contributed by atoms with Crippen LogP contribution in [0.4, 0.5) is 4.79 Å². The number of hydrogen-bond donors (Lipinski definition) is 0. The lowest BCUT2D eigenvalue weighted by molar-refractivity contribution is 0.0567. The Morgan fingerprint density at radius 2 is 1.65 bits per heavy atom. The zero-order valence-corrected chi connectivity index (χ0v) is 22.0. The number of carbonyl (C=O) groups excluding carboxylic acids is 3. The number of piperidine rings is 1. The number of carbonyl (C=O) groups is 3. The Kier molecular flexibility index (Phi) is 7.36. The number of pyridine rings is 1. The number of piperazine rings is 1. The first-order valence-corrected chi connectivity index (χ1v) is 13.6. The average molecular weight is 522 g/mol. The summed E-state index contributed by atoms with van der Waals surface area (Å²) in [5.41, 5.74) is 5.69. The number of thiazole rings is 1. The molecule has 0 saturated carbocycles. The van der Waals surface area contributed by atoms with Gasteiger partial charge in [-0.2, -0.15) is 0 Å². The molecule has 2 fully saturated rings. The van der Waals surface area contributed by atoms with Gasteiger partial charge in [0.1, 0.15) is 0 Å². The molecule has 3 amide bonds. The summed E-state index contributed by atoms with van der Waals surface area (Å²) in [6, 6.07) is 9.41. The van der Waals surface area contributed by atoms with Crippen LogP contribution in [0.2, 0.25) is 0 Å². The largest absolute Gasteiger partial charge is 0.450 e. The fourth-order valence-electron chi connectivity index (χ4n) is 5.07. The molecule has 2 aliphatic heterocycles. The van der Waals surface area contributed by atoms with Crippen molar-refractivity contribution in [1.82, 2.24) is 24.7 Å². The second kappa shape index (κ2) is 10.8. The highest BCUT2D eigenvalue weighted by atomic mass is 32.1.